The smallest absolute Gasteiger partial charge is 0.246 e. The number of nitrogens with one attached hydrogen (secondary N) is 1. The Hall–Kier alpha value is -1.64. The Bertz CT molecular complexity index is 754. The lowest BCUT2D eigenvalue weighted by Crippen LogP contribution is -2.51. The van der Waals surface area contributed by atoms with Crippen LogP contribution in [0.4, 0.5) is 0 Å². The summed E-state index contributed by atoms with van der Waals surface area (Å²) in [6.45, 7) is 9.70. The van der Waals surface area contributed by atoms with E-state index in [9.17, 15) is 13.2 Å². The predicted molar refractivity (Wildman–Crippen MR) is 101 cm³/mol. The highest BCUT2D eigenvalue weighted by Crippen LogP contribution is 2.30. The van der Waals surface area contributed by atoms with Gasteiger partial charge in [0.2, 0.25) is 15.9 Å². The molecule has 0 aliphatic carbocycles. The number of carbonyl (C=O) groups excluding carboxylic acids is 1. The number of amides is 1. The minimum atomic E-state index is -3.63. The van der Waals surface area contributed by atoms with Gasteiger partial charge in [0.15, 0.2) is 0 Å². The van der Waals surface area contributed by atoms with Crippen LogP contribution < -0.4 is 10.1 Å². The summed E-state index contributed by atoms with van der Waals surface area (Å²) in [4.78, 5) is 14.0. The van der Waals surface area contributed by atoms with Gasteiger partial charge in [-0.2, -0.15) is 4.31 Å². The van der Waals surface area contributed by atoms with E-state index in [1.165, 1.54) is 11.4 Å². The van der Waals surface area contributed by atoms with Gasteiger partial charge in [-0.05, 0) is 51.0 Å². The Morgan fingerprint density at radius 2 is 1.73 bits per heavy atom. The first kappa shape index (κ1) is 20.7. The number of hydrogen-bond donors (Lipinski definition) is 1. The van der Waals surface area contributed by atoms with Gasteiger partial charge < -0.3 is 10.1 Å². The standard InChI is InChI=1S/C18H29N3O4S/c1-13(2)19-18(22)12-20-6-8-21(9-7-20)26(23,24)17-11-15(4)14(3)10-16(17)25-5/h10-11,13H,6-9,12H2,1-5H3,(H,19,22). The molecule has 0 aromatic heterocycles. The molecule has 1 saturated heterocycles. The van der Waals surface area contributed by atoms with E-state index in [0.717, 1.165) is 11.1 Å². The number of hydrogen-bond acceptors (Lipinski definition) is 5. The molecule has 8 heteroatoms. The average molecular weight is 384 g/mol. The zero-order valence-electron chi connectivity index (χ0n) is 16.2. The zero-order chi connectivity index (χ0) is 19.5. The Labute approximate surface area is 156 Å². The number of ether oxygens (including phenoxy) is 1. The minimum absolute atomic E-state index is 0.0351. The zero-order valence-corrected chi connectivity index (χ0v) is 17.0. The van der Waals surface area contributed by atoms with Crippen molar-refractivity contribution in [1.29, 1.82) is 0 Å². The van der Waals surface area contributed by atoms with Crippen molar-refractivity contribution in [3.63, 3.8) is 0 Å². The fraction of sp³-hybridized carbons (Fsp3) is 0.611. The SMILES string of the molecule is COc1cc(C)c(C)cc1S(=O)(=O)N1CCN(CC(=O)NC(C)C)CC1. The normalized spacial score (nSPS) is 16.7. The first-order valence-corrected chi connectivity index (χ1v) is 10.3. The highest BCUT2D eigenvalue weighted by Gasteiger charge is 2.31. The van der Waals surface area contributed by atoms with Gasteiger partial charge in [-0.3, -0.25) is 9.69 Å². The van der Waals surface area contributed by atoms with Crippen molar-refractivity contribution < 1.29 is 17.9 Å². The maximum absolute atomic E-state index is 13.1. The molecule has 1 N–H and O–H groups in total. The Morgan fingerprint density at radius 1 is 1.15 bits per heavy atom. The van der Waals surface area contributed by atoms with E-state index in [0.29, 0.717) is 38.5 Å². The van der Waals surface area contributed by atoms with Gasteiger partial charge in [0, 0.05) is 32.2 Å². The van der Waals surface area contributed by atoms with Crippen LogP contribution in [0.25, 0.3) is 0 Å². The van der Waals surface area contributed by atoms with Gasteiger partial charge in [-0.15, -0.1) is 0 Å². The molecule has 1 aliphatic heterocycles. The van der Waals surface area contributed by atoms with Crippen molar-refractivity contribution in [2.24, 2.45) is 0 Å². The molecule has 0 spiro atoms. The number of carbonyl (C=O) groups is 1. The van der Waals surface area contributed by atoms with Crippen LogP contribution in [0, 0.1) is 13.8 Å². The third kappa shape index (κ3) is 4.75. The number of sulfonamides is 1. The first-order chi connectivity index (χ1) is 12.1. The molecule has 1 aromatic carbocycles. The molecule has 0 bridgehead atoms. The second-order valence-electron chi connectivity index (χ2n) is 6.99. The number of rotatable bonds is 6. The van der Waals surface area contributed by atoms with Crippen LogP contribution in [0.2, 0.25) is 0 Å². The molecular weight excluding hydrogens is 354 g/mol. The molecule has 1 heterocycles. The molecule has 146 valence electrons. The highest BCUT2D eigenvalue weighted by molar-refractivity contribution is 7.89. The van der Waals surface area contributed by atoms with Crippen LogP contribution in [-0.2, 0) is 14.8 Å². The van der Waals surface area contributed by atoms with E-state index < -0.39 is 10.0 Å². The molecule has 0 radical (unpaired) electrons. The van der Waals surface area contributed by atoms with E-state index in [2.05, 4.69) is 5.32 Å². The molecular formula is C18H29N3O4S. The largest absolute Gasteiger partial charge is 0.495 e. The van der Waals surface area contributed by atoms with E-state index in [1.54, 1.807) is 12.1 Å². The summed E-state index contributed by atoms with van der Waals surface area (Å²) in [5.41, 5.74) is 1.90. The van der Waals surface area contributed by atoms with Crippen LogP contribution in [0.15, 0.2) is 17.0 Å². The first-order valence-electron chi connectivity index (χ1n) is 8.82. The van der Waals surface area contributed by atoms with Crippen molar-refractivity contribution in [2.45, 2.75) is 38.6 Å². The number of benzene rings is 1. The number of piperazine rings is 1. The topological polar surface area (TPSA) is 79.0 Å². The van der Waals surface area contributed by atoms with Gasteiger partial charge in [-0.1, -0.05) is 0 Å². The van der Waals surface area contributed by atoms with E-state index in [-0.39, 0.29) is 16.8 Å². The summed E-state index contributed by atoms with van der Waals surface area (Å²) in [6.07, 6.45) is 0. The molecule has 0 saturated carbocycles. The molecule has 7 nitrogen and oxygen atoms in total. The third-order valence-electron chi connectivity index (χ3n) is 4.55. The average Bonchev–Trinajstić information content (AvgIpc) is 2.56. The van der Waals surface area contributed by atoms with Crippen molar-refractivity contribution in [3.05, 3.63) is 23.3 Å². The summed E-state index contributed by atoms with van der Waals surface area (Å²) in [7, 11) is -2.15. The van der Waals surface area contributed by atoms with Crippen LogP contribution >= 0.6 is 0 Å². The van der Waals surface area contributed by atoms with Crippen LogP contribution in [-0.4, -0.2) is 69.4 Å². The molecule has 0 unspecified atom stereocenters. The Morgan fingerprint density at radius 3 is 2.27 bits per heavy atom. The van der Waals surface area contributed by atoms with Crippen molar-refractivity contribution in [1.82, 2.24) is 14.5 Å². The maximum Gasteiger partial charge on any atom is 0.246 e. The van der Waals surface area contributed by atoms with Gasteiger partial charge >= 0.3 is 0 Å². The highest BCUT2D eigenvalue weighted by atomic mass is 32.2. The van der Waals surface area contributed by atoms with Crippen LogP contribution in [0.3, 0.4) is 0 Å². The monoisotopic (exact) mass is 383 g/mol. The van der Waals surface area contributed by atoms with E-state index in [1.807, 2.05) is 32.6 Å². The lowest BCUT2D eigenvalue weighted by molar-refractivity contribution is -0.123. The van der Waals surface area contributed by atoms with Gasteiger partial charge in [0.05, 0.1) is 13.7 Å². The minimum Gasteiger partial charge on any atom is -0.495 e. The Kier molecular flexibility index (Phi) is 6.65. The summed E-state index contributed by atoms with van der Waals surface area (Å²) in [5, 5.41) is 2.85. The maximum atomic E-state index is 13.1. The second kappa shape index (κ2) is 8.37. The molecule has 1 amide bonds. The van der Waals surface area contributed by atoms with Crippen LogP contribution in [0.5, 0.6) is 5.75 Å². The van der Waals surface area contributed by atoms with E-state index in [4.69, 9.17) is 4.74 Å². The van der Waals surface area contributed by atoms with Gasteiger partial charge in [0.1, 0.15) is 10.6 Å². The van der Waals surface area contributed by atoms with Crippen molar-refractivity contribution in [2.75, 3.05) is 39.8 Å². The third-order valence-corrected chi connectivity index (χ3v) is 6.47. The molecule has 1 aliphatic rings. The van der Waals surface area contributed by atoms with Crippen molar-refractivity contribution in [3.8, 4) is 5.75 Å². The summed E-state index contributed by atoms with van der Waals surface area (Å²) >= 11 is 0. The number of aryl methyl sites for hydroxylation is 2. The number of methoxy groups -OCH3 is 1. The Balaban J connectivity index is 2.09. The molecule has 1 fully saturated rings. The van der Waals surface area contributed by atoms with E-state index >= 15 is 0 Å². The van der Waals surface area contributed by atoms with Gasteiger partial charge in [-0.25, -0.2) is 8.42 Å². The molecule has 0 atom stereocenters. The lowest BCUT2D eigenvalue weighted by Gasteiger charge is -2.34. The quantitative estimate of drug-likeness (QED) is 0.797. The van der Waals surface area contributed by atoms with Crippen molar-refractivity contribution >= 4 is 15.9 Å². The molecule has 1 aromatic rings. The number of nitrogens with zero attached hydrogens (tertiary/aromatic N) is 2. The summed E-state index contributed by atoms with van der Waals surface area (Å²) in [6, 6.07) is 3.53. The summed E-state index contributed by atoms with van der Waals surface area (Å²) in [5.74, 6) is 0.332. The molecule has 26 heavy (non-hydrogen) atoms. The lowest BCUT2D eigenvalue weighted by atomic mass is 10.1. The fourth-order valence-corrected chi connectivity index (χ4v) is 4.61. The second-order valence-corrected chi connectivity index (χ2v) is 8.90. The molecule has 2 rings (SSSR count). The van der Waals surface area contributed by atoms with Gasteiger partial charge in [0.25, 0.3) is 0 Å². The van der Waals surface area contributed by atoms with Crippen LogP contribution in [0.1, 0.15) is 25.0 Å². The summed E-state index contributed by atoms with van der Waals surface area (Å²) < 4.78 is 32.9. The fourth-order valence-electron chi connectivity index (χ4n) is 2.96. The predicted octanol–water partition coefficient (Wildman–Crippen LogP) is 1.14.